The summed E-state index contributed by atoms with van der Waals surface area (Å²) >= 11 is 0. The Balaban J connectivity index is 2.16. The van der Waals surface area contributed by atoms with E-state index in [2.05, 4.69) is 5.43 Å². The average molecular weight is 247 g/mol. The summed E-state index contributed by atoms with van der Waals surface area (Å²) in [5, 5.41) is 10.8. The second-order valence-electron chi connectivity index (χ2n) is 3.72. The van der Waals surface area contributed by atoms with Gasteiger partial charge in [0, 0.05) is 18.5 Å². The summed E-state index contributed by atoms with van der Waals surface area (Å²) in [4.78, 5) is 10.3. The Morgan fingerprint density at radius 2 is 2.06 bits per heavy atom. The van der Waals surface area contributed by atoms with Crippen molar-refractivity contribution in [1.29, 1.82) is 0 Å². The number of nitro groups is 1. The van der Waals surface area contributed by atoms with Crippen molar-refractivity contribution < 1.29 is 9.66 Å². The summed E-state index contributed by atoms with van der Waals surface area (Å²) in [7, 11) is 1.49. The van der Waals surface area contributed by atoms with Gasteiger partial charge in [-0.15, -0.1) is 0 Å². The van der Waals surface area contributed by atoms with Crippen LogP contribution in [0.25, 0.3) is 0 Å². The third kappa shape index (κ3) is 2.79. The monoisotopic (exact) mass is 247 g/mol. The highest BCUT2D eigenvalue weighted by Gasteiger charge is 2.09. The molecule has 0 bridgehead atoms. The fraction of sp³-hybridized carbons (Fsp3) is 0.167. The van der Waals surface area contributed by atoms with Gasteiger partial charge in [0.25, 0.3) is 5.69 Å². The zero-order valence-corrected chi connectivity index (χ0v) is 9.87. The third-order valence-electron chi connectivity index (χ3n) is 2.47. The Hall–Kier alpha value is -2.50. The number of nitro benzene ring substituents is 1. The first kappa shape index (κ1) is 12.0. The van der Waals surface area contributed by atoms with Crippen LogP contribution in [0.3, 0.4) is 0 Å². The molecule has 94 valence electrons. The Kier molecular flexibility index (Phi) is 3.47. The summed E-state index contributed by atoms with van der Waals surface area (Å²) in [6, 6.07) is 8.48. The maximum Gasteiger partial charge on any atom is 0.273 e. The molecule has 0 saturated carbocycles. The first-order chi connectivity index (χ1) is 8.69. The van der Waals surface area contributed by atoms with Crippen LogP contribution in [-0.2, 0) is 6.54 Å². The van der Waals surface area contributed by atoms with Crippen LogP contribution in [0.1, 0.15) is 5.56 Å². The van der Waals surface area contributed by atoms with Gasteiger partial charge in [-0.3, -0.25) is 14.8 Å². The van der Waals surface area contributed by atoms with Crippen LogP contribution >= 0.6 is 0 Å². The lowest BCUT2D eigenvalue weighted by atomic mass is 10.2. The van der Waals surface area contributed by atoms with Crippen molar-refractivity contribution in [3.63, 3.8) is 0 Å². The largest absolute Gasteiger partial charge is 0.496 e. The van der Waals surface area contributed by atoms with E-state index in [9.17, 15) is 10.1 Å². The molecule has 0 aliphatic carbocycles. The molecule has 0 saturated heterocycles. The van der Waals surface area contributed by atoms with E-state index >= 15 is 0 Å². The fourth-order valence-electron chi connectivity index (χ4n) is 1.59. The van der Waals surface area contributed by atoms with Gasteiger partial charge in [0.2, 0.25) is 0 Å². The van der Waals surface area contributed by atoms with Crippen molar-refractivity contribution in [2.75, 3.05) is 12.5 Å². The molecule has 18 heavy (non-hydrogen) atoms. The number of nitrogens with one attached hydrogen (secondary N) is 1. The predicted molar refractivity (Wildman–Crippen MR) is 67.1 cm³/mol. The Morgan fingerprint density at radius 3 is 2.67 bits per heavy atom. The van der Waals surface area contributed by atoms with E-state index < -0.39 is 4.92 Å². The molecule has 2 aromatic rings. The molecule has 0 amide bonds. The van der Waals surface area contributed by atoms with Crippen LogP contribution in [0, 0.1) is 10.1 Å². The van der Waals surface area contributed by atoms with E-state index in [4.69, 9.17) is 4.74 Å². The molecule has 0 aliphatic rings. The summed E-state index contributed by atoms with van der Waals surface area (Å²) in [5.74, 6) is 0.480. The van der Waals surface area contributed by atoms with Gasteiger partial charge in [-0.1, -0.05) is 0 Å². The van der Waals surface area contributed by atoms with Crippen LogP contribution in [0.2, 0.25) is 0 Å². The van der Waals surface area contributed by atoms with Crippen LogP contribution in [0.4, 0.5) is 5.69 Å². The minimum atomic E-state index is -0.429. The number of hydrogen-bond acceptors (Lipinski definition) is 4. The minimum absolute atomic E-state index is 0.0265. The minimum Gasteiger partial charge on any atom is -0.496 e. The SMILES string of the molecule is COc1cc(CNn2cccc2)cc([N+](=O)[O-])c1. The number of non-ortho nitro benzene ring substituents is 1. The fourth-order valence-corrected chi connectivity index (χ4v) is 1.59. The first-order valence-electron chi connectivity index (χ1n) is 5.38. The number of methoxy groups -OCH3 is 1. The molecule has 0 unspecified atom stereocenters. The molecule has 0 fully saturated rings. The quantitative estimate of drug-likeness (QED) is 0.649. The van der Waals surface area contributed by atoms with Gasteiger partial charge in [0.15, 0.2) is 0 Å². The van der Waals surface area contributed by atoms with Crippen molar-refractivity contribution in [2.45, 2.75) is 6.54 Å². The van der Waals surface area contributed by atoms with Crippen LogP contribution in [0.5, 0.6) is 5.75 Å². The van der Waals surface area contributed by atoms with E-state index in [1.54, 1.807) is 10.7 Å². The summed E-state index contributed by atoms with van der Waals surface area (Å²) in [6.45, 7) is 0.479. The molecule has 1 heterocycles. The summed E-state index contributed by atoms with van der Waals surface area (Å²) < 4.78 is 6.83. The molecule has 6 heteroatoms. The Labute approximate surface area is 104 Å². The lowest BCUT2D eigenvalue weighted by Crippen LogP contribution is -2.12. The van der Waals surface area contributed by atoms with Crippen LogP contribution < -0.4 is 10.2 Å². The number of rotatable bonds is 5. The number of nitrogens with zero attached hydrogens (tertiary/aromatic N) is 2. The van der Waals surface area contributed by atoms with E-state index in [-0.39, 0.29) is 5.69 Å². The maximum atomic E-state index is 10.8. The topological polar surface area (TPSA) is 69.3 Å². The smallest absolute Gasteiger partial charge is 0.273 e. The van der Waals surface area contributed by atoms with Gasteiger partial charge in [0.1, 0.15) is 5.75 Å². The van der Waals surface area contributed by atoms with Crippen molar-refractivity contribution in [1.82, 2.24) is 4.68 Å². The Morgan fingerprint density at radius 1 is 1.33 bits per heavy atom. The molecule has 0 atom stereocenters. The molecule has 6 nitrogen and oxygen atoms in total. The molecule has 0 radical (unpaired) electrons. The summed E-state index contributed by atoms with van der Waals surface area (Å²) in [6.07, 6.45) is 3.71. The highest BCUT2D eigenvalue weighted by Crippen LogP contribution is 2.22. The highest BCUT2D eigenvalue weighted by molar-refractivity contribution is 5.43. The van der Waals surface area contributed by atoms with Gasteiger partial charge in [0.05, 0.1) is 24.6 Å². The zero-order chi connectivity index (χ0) is 13.0. The van der Waals surface area contributed by atoms with Crippen molar-refractivity contribution >= 4 is 5.69 Å². The summed E-state index contributed by atoms with van der Waals surface area (Å²) in [5.41, 5.74) is 3.91. The maximum absolute atomic E-state index is 10.8. The third-order valence-corrected chi connectivity index (χ3v) is 2.47. The first-order valence-corrected chi connectivity index (χ1v) is 5.38. The van der Waals surface area contributed by atoms with Crippen molar-refractivity contribution in [3.05, 3.63) is 58.4 Å². The molecule has 0 spiro atoms. The number of benzene rings is 1. The van der Waals surface area contributed by atoms with Gasteiger partial charge >= 0.3 is 0 Å². The lowest BCUT2D eigenvalue weighted by molar-refractivity contribution is -0.385. The second kappa shape index (κ2) is 5.22. The molecular formula is C12H13N3O3. The molecule has 1 N–H and O–H groups in total. The van der Waals surface area contributed by atoms with E-state index in [0.717, 1.165) is 5.56 Å². The number of ether oxygens (including phenoxy) is 1. The molecule has 2 rings (SSSR count). The average Bonchev–Trinajstić information content (AvgIpc) is 2.89. The Bertz CT molecular complexity index is 538. The van der Waals surface area contributed by atoms with Gasteiger partial charge < -0.3 is 10.2 Å². The van der Waals surface area contributed by atoms with Crippen LogP contribution in [0.15, 0.2) is 42.7 Å². The number of hydrogen-bond donors (Lipinski definition) is 1. The molecule has 0 aliphatic heterocycles. The van der Waals surface area contributed by atoms with Crippen molar-refractivity contribution in [3.8, 4) is 5.75 Å². The van der Waals surface area contributed by atoms with Gasteiger partial charge in [-0.05, 0) is 23.8 Å². The second-order valence-corrected chi connectivity index (χ2v) is 3.72. The van der Waals surface area contributed by atoms with Crippen molar-refractivity contribution in [2.24, 2.45) is 0 Å². The normalized spacial score (nSPS) is 10.1. The van der Waals surface area contributed by atoms with Gasteiger partial charge in [-0.25, -0.2) is 0 Å². The predicted octanol–water partition coefficient (Wildman–Crippen LogP) is 2.15. The van der Waals surface area contributed by atoms with E-state index in [1.165, 1.54) is 19.2 Å². The molecule has 1 aromatic carbocycles. The van der Waals surface area contributed by atoms with Crippen LogP contribution in [-0.4, -0.2) is 16.7 Å². The van der Waals surface area contributed by atoms with E-state index in [0.29, 0.717) is 12.3 Å². The molecular weight excluding hydrogens is 234 g/mol. The zero-order valence-electron chi connectivity index (χ0n) is 9.87. The van der Waals surface area contributed by atoms with Gasteiger partial charge in [-0.2, -0.15) is 0 Å². The lowest BCUT2D eigenvalue weighted by Gasteiger charge is -2.08. The highest BCUT2D eigenvalue weighted by atomic mass is 16.6. The number of aromatic nitrogens is 1. The van der Waals surface area contributed by atoms with E-state index in [1.807, 2.05) is 24.5 Å². The molecule has 1 aromatic heterocycles. The standard InChI is InChI=1S/C12H13N3O3/c1-18-12-7-10(6-11(8-12)15(16)17)9-13-14-4-2-3-5-14/h2-8,13H,9H2,1H3.